The van der Waals surface area contributed by atoms with Crippen molar-refractivity contribution in [1.82, 2.24) is 9.13 Å². The number of nitrogens with zero attached hydrogens (tertiary/aromatic N) is 2. The molecule has 2 heteroatoms. The molecular formula is C62H40N2. The number of hydrogen-bond acceptors (Lipinski definition) is 0. The molecule has 0 saturated heterocycles. The minimum atomic E-state index is 1.14. The highest BCUT2D eigenvalue weighted by Gasteiger charge is 2.18. The van der Waals surface area contributed by atoms with E-state index in [0.29, 0.717) is 0 Å². The average Bonchev–Trinajstić information content (AvgIpc) is 3.88. The fourth-order valence-electron chi connectivity index (χ4n) is 10.1. The maximum Gasteiger partial charge on any atom is 0.0547 e. The molecule has 2 aromatic heterocycles. The molecular weight excluding hydrogens is 773 g/mol. The minimum Gasteiger partial charge on any atom is -0.309 e. The van der Waals surface area contributed by atoms with Gasteiger partial charge in [-0.05, 0) is 139 Å². The Balaban J connectivity index is 0.982. The van der Waals surface area contributed by atoms with Gasteiger partial charge in [-0.1, -0.05) is 170 Å². The Hall–Kier alpha value is -8.46. The van der Waals surface area contributed by atoms with Crippen LogP contribution in [0.5, 0.6) is 0 Å². The van der Waals surface area contributed by atoms with E-state index >= 15 is 0 Å². The molecule has 0 bridgehead atoms. The third-order valence-corrected chi connectivity index (χ3v) is 13.3. The van der Waals surface area contributed by atoms with Gasteiger partial charge in [0.1, 0.15) is 0 Å². The van der Waals surface area contributed by atoms with Gasteiger partial charge in [-0.2, -0.15) is 0 Å². The van der Waals surface area contributed by atoms with Crippen LogP contribution in [0, 0.1) is 0 Å². The summed E-state index contributed by atoms with van der Waals surface area (Å²) in [6.07, 6.45) is 0. The summed E-state index contributed by atoms with van der Waals surface area (Å²) >= 11 is 0. The Morgan fingerprint density at radius 3 is 1.16 bits per heavy atom. The van der Waals surface area contributed by atoms with E-state index in [1.54, 1.807) is 0 Å². The van der Waals surface area contributed by atoms with Gasteiger partial charge in [-0.3, -0.25) is 0 Å². The molecule has 64 heavy (non-hydrogen) atoms. The van der Waals surface area contributed by atoms with E-state index in [0.717, 1.165) is 11.4 Å². The number of rotatable bonds is 6. The molecule has 0 unspecified atom stereocenters. The molecule has 0 fully saturated rings. The van der Waals surface area contributed by atoms with E-state index in [2.05, 4.69) is 252 Å². The van der Waals surface area contributed by atoms with Crippen molar-refractivity contribution < 1.29 is 0 Å². The predicted molar refractivity (Wildman–Crippen MR) is 272 cm³/mol. The molecule has 2 heterocycles. The Bertz CT molecular complexity index is 3950. The van der Waals surface area contributed by atoms with Crippen LogP contribution in [0.3, 0.4) is 0 Å². The van der Waals surface area contributed by atoms with Gasteiger partial charge in [-0.15, -0.1) is 0 Å². The maximum absolute atomic E-state index is 2.45. The summed E-state index contributed by atoms with van der Waals surface area (Å²) < 4.78 is 4.88. The van der Waals surface area contributed by atoms with Crippen molar-refractivity contribution in [3.05, 3.63) is 243 Å². The standard InChI is InChI=1S/C62H40N2/c1-3-12-41(13-4-1)51-26-30-56-58-38-50(29-33-60(58)64(62(56)39-51)54-21-11-18-46(36-54)47-24-22-42-14-7-9-16-44(42)34-47)52-27-31-55-57-37-49(48-25-23-43-15-8-10-17-45(43)35-48)28-32-59(57)63(61(55)40-52)53-19-5-2-6-20-53/h1-40H. The molecule has 0 aliphatic carbocycles. The Kier molecular flexibility index (Phi) is 8.25. The van der Waals surface area contributed by atoms with Crippen molar-refractivity contribution in [3.63, 3.8) is 0 Å². The van der Waals surface area contributed by atoms with Crippen LogP contribution in [-0.4, -0.2) is 9.13 Å². The first kappa shape index (κ1) is 36.2. The fraction of sp³-hybridized carbons (Fsp3) is 0. The summed E-state index contributed by atoms with van der Waals surface area (Å²) in [7, 11) is 0. The van der Waals surface area contributed by atoms with Crippen molar-refractivity contribution in [3.8, 4) is 55.9 Å². The summed E-state index contributed by atoms with van der Waals surface area (Å²) in [5.41, 5.74) is 16.7. The normalized spacial score (nSPS) is 11.8. The molecule has 0 amide bonds. The number of fused-ring (bicyclic) bond motifs is 8. The van der Waals surface area contributed by atoms with Crippen LogP contribution in [0.25, 0.3) is 121 Å². The lowest BCUT2D eigenvalue weighted by Gasteiger charge is -2.12. The fourth-order valence-corrected chi connectivity index (χ4v) is 10.1. The molecule has 298 valence electrons. The zero-order valence-corrected chi connectivity index (χ0v) is 35.0. The molecule has 2 nitrogen and oxygen atoms in total. The molecule has 11 aromatic carbocycles. The second-order valence-corrected chi connectivity index (χ2v) is 17.0. The van der Waals surface area contributed by atoms with E-state index in [1.165, 1.54) is 110 Å². The van der Waals surface area contributed by atoms with Crippen molar-refractivity contribution >= 4 is 65.2 Å². The Morgan fingerprint density at radius 1 is 0.188 bits per heavy atom. The zero-order valence-electron chi connectivity index (χ0n) is 35.0. The van der Waals surface area contributed by atoms with E-state index < -0.39 is 0 Å². The number of benzene rings is 11. The average molecular weight is 813 g/mol. The first-order valence-corrected chi connectivity index (χ1v) is 22.1. The quantitative estimate of drug-likeness (QED) is 0.158. The van der Waals surface area contributed by atoms with Gasteiger partial charge in [0, 0.05) is 32.9 Å². The highest BCUT2D eigenvalue weighted by atomic mass is 15.0. The summed E-state index contributed by atoms with van der Waals surface area (Å²) in [5, 5.41) is 9.95. The largest absolute Gasteiger partial charge is 0.309 e. The first-order valence-electron chi connectivity index (χ1n) is 22.1. The Morgan fingerprint density at radius 2 is 0.578 bits per heavy atom. The van der Waals surface area contributed by atoms with Crippen LogP contribution in [0.4, 0.5) is 0 Å². The van der Waals surface area contributed by atoms with E-state index in [1.807, 2.05) is 0 Å². The predicted octanol–water partition coefficient (Wildman–Crippen LogP) is 16.9. The minimum absolute atomic E-state index is 1.14. The molecule has 0 aliphatic heterocycles. The first-order chi connectivity index (χ1) is 31.7. The zero-order chi connectivity index (χ0) is 42.1. The van der Waals surface area contributed by atoms with Crippen molar-refractivity contribution in [1.29, 1.82) is 0 Å². The molecule has 0 saturated carbocycles. The number of hydrogen-bond donors (Lipinski definition) is 0. The van der Waals surface area contributed by atoms with Gasteiger partial charge in [0.25, 0.3) is 0 Å². The van der Waals surface area contributed by atoms with Gasteiger partial charge in [0.15, 0.2) is 0 Å². The van der Waals surface area contributed by atoms with Gasteiger partial charge < -0.3 is 9.13 Å². The van der Waals surface area contributed by atoms with E-state index in [9.17, 15) is 0 Å². The molecule has 0 aliphatic rings. The van der Waals surface area contributed by atoms with Crippen LogP contribution in [0.2, 0.25) is 0 Å². The summed E-state index contributed by atoms with van der Waals surface area (Å²) in [6.45, 7) is 0. The van der Waals surface area contributed by atoms with Crippen molar-refractivity contribution in [2.45, 2.75) is 0 Å². The van der Waals surface area contributed by atoms with Crippen LogP contribution in [-0.2, 0) is 0 Å². The summed E-state index contributed by atoms with van der Waals surface area (Å²) in [5.74, 6) is 0. The monoisotopic (exact) mass is 812 g/mol. The molecule has 13 rings (SSSR count). The second-order valence-electron chi connectivity index (χ2n) is 17.0. The lowest BCUT2D eigenvalue weighted by Crippen LogP contribution is -1.95. The molecule has 0 N–H and O–H groups in total. The maximum atomic E-state index is 2.45. The molecule has 0 radical (unpaired) electrons. The third-order valence-electron chi connectivity index (χ3n) is 13.3. The lowest BCUT2D eigenvalue weighted by atomic mass is 9.98. The summed E-state index contributed by atoms with van der Waals surface area (Å²) in [4.78, 5) is 0. The lowest BCUT2D eigenvalue weighted by molar-refractivity contribution is 1.18. The topological polar surface area (TPSA) is 9.86 Å². The van der Waals surface area contributed by atoms with Crippen LogP contribution < -0.4 is 0 Å². The molecule has 0 atom stereocenters. The van der Waals surface area contributed by atoms with E-state index in [-0.39, 0.29) is 0 Å². The van der Waals surface area contributed by atoms with Gasteiger partial charge in [0.2, 0.25) is 0 Å². The number of para-hydroxylation sites is 1. The van der Waals surface area contributed by atoms with Crippen molar-refractivity contribution in [2.24, 2.45) is 0 Å². The molecule has 0 spiro atoms. The SMILES string of the molecule is c1ccc(-c2ccc3c4cc(-c5ccc6c7cc(-c8ccc9ccccc9c8)ccc7n(-c7ccccc7)c6c5)ccc4n(-c4cccc(-c5ccc6ccccc6c5)c4)c3c2)cc1. The summed E-state index contributed by atoms with van der Waals surface area (Å²) in [6, 6.07) is 89.2. The Labute approximate surface area is 371 Å². The number of aromatic nitrogens is 2. The van der Waals surface area contributed by atoms with Crippen molar-refractivity contribution in [2.75, 3.05) is 0 Å². The molecule has 13 aromatic rings. The van der Waals surface area contributed by atoms with Crippen LogP contribution in [0.15, 0.2) is 243 Å². The van der Waals surface area contributed by atoms with Crippen LogP contribution >= 0.6 is 0 Å². The van der Waals surface area contributed by atoms with Gasteiger partial charge in [0.05, 0.1) is 22.1 Å². The van der Waals surface area contributed by atoms with Crippen LogP contribution in [0.1, 0.15) is 0 Å². The highest BCUT2D eigenvalue weighted by molar-refractivity contribution is 6.13. The highest BCUT2D eigenvalue weighted by Crippen LogP contribution is 2.41. The smallest absolute Gasteiger partial charge is 0.0547 e. The third kappa shape index (κ3) is 5.95. The van der Waals surface area contributed by atoms with Gasteiger partial charge >= 0.3 is 0 Å². The second kappa shape index (κ2) is 14.6. The van der Waals surface area contributed by atoms with E-state index in [4.69, 9.17) is 0 Å². The van der Waals surface area contributed by atoms with Gasteiger partial charge in [-0.25, -0.2) is 0 Å².